The van der Waals surface area contributed by atoms with E-state index in [0.717, 1.165) is 5.56 Å². The summed E-state index contributed by atoms with van der Waals surface area (Å²) >= 11 is 0. The van der Waals surface area contributed by atoms with Gasteiger partial charge in [0.2, 0.25) is 10.0 Å². The van der Waals surface area contributed by atoms with Crippen molar-refractivity contribution < 1.29 is 27.5 Å². The maximum atomic E-state index is 12.7. The molecule has 9 nitrogen and oxygen atoms in total. The molecule has 0 saturated heterocycles. The summed E-state index contributed by atoms with van der Waals surface area (Å²) in [5.41, 5.74) is 2.40. The van der Waals surface area contributed by atoms with Crippen LogP contribution in [0.25, 0.3) is 0 Å². The number of amides is 1. The number of benzene rings is 1. The van der Waals surface area contributed by atoms with Crippen LogP contribution in [0.3, 0.4) is 0 Å². The molecule has 2 aromatic rings. The molecule has 1 heterocycles. The number of rotatable bonds is 11. The Balaban J connectivity index is 2.07. The van der Waals surface area contributed by atoms with E-state index in [1.165, 1.54) is 23.5 Å². The smallest absolute Gasteiger partial charge is 0.340 e. The molecule has 2 N–H and O–H groups in total. The van der Waals surface area contributed by atoms with E-state index in [1.54, 1.807) is 39.8 Å². The zero-order valence-corrected chi connectivity index (χ0v) is 20.0. The predicted octanol–water partition coefficient (Wildman–Crippen LogP) is 2.40. The third kappa shape index (κ3) is 5.76. The number of aromatic nitrogens is 1. The first-order valence-corrected chi connectivity index (χ1v) is 11.8. The quantitative estimate of drug-likeness (QED) is 0.389. The average molecular weight is 466 g/mol. The maximum Gasteiger partial charge on any atom is 0.340 e. The number of ether oxygens (including phenoxy) is 2. The fourth-order valence-electron chi connectivity index (χ4n) is 3.34. The number of aryl methyl sites for hydroxylation is 1. The predicted molar refractivity (Wildman–Crippen MR) is 120 cm³/mol. The summed E-state index contributed by atoms with van der Waals surface area (Å²) in [7, 11) is -2.01. The molecule has 0 saturated carbocycles. The van der Waals surface area contributed by atoms with Gasteiger partial charge in [0, 0.05) is 32.4 Å². The molecule has 0 atom stereocenters. The number of methoxy groups -OCH3 is 1. The van der Waals surface area contributed by atoms with E-state index in [0.29, 0.717) is 29.9 Å². The monoisotopic (exact) mass is 465 g/mol. The second-order valence-electron chi connectivity index (χ2n) is 7.17. The lowest BCUT2D eigenvalue weighted by Crippen LogP contribution is -2.30. The Bertz CT molecular complexity index is 1040. The fourth-order valence-corrected chi connectivity index (χ4v) is 4.79. The molecule has 10 heteroatoms. The molecule has 32 heavy (non-hydrogen) atoms. The Hall–Kier alpha value is -2.69. The zero-order chi connectivity index (χ0) is 23.9. The molecule has 2 rings (SSSR count). The van der Waals surface area contributed by atoms with E-state index in [2.05, 4.69) is 10.3 Å². The molecule has 176 valence electrons. The van der Waals surface area contributed by atoms with Crippen LogP contribution in [0.15, 0.2) is 29.2 Å². The van der Waals surface area contributed by atoms with Crippen LogP contribution in [0, 0.1) is 13.8 Å². The second kappa shape index (κ2) is 11.3. The topological polar surface area (TPSA) is 118 Å². The Morgan fingerprint density at radius 1 is 1.06 bits per heavy atom. The molecule has 0 fully saturated rings. The molecule has 1 amide bonds. The highest BCUT2D eigenvalue weighted by Gasteiger charge is 2.23. The molecule has 1 aromatic heterocycles. The van der Waals surface area contributed by atoms with Gasteiger partial charge >= 0.3 is 5.97 Å². The molecule has 0 aliphatic heterocycles. The number of carbonyl (C=O) groups is 2. The number of H-pyrrole nitrogens is 1. The second-order valence-corrected chi connectivity index (χ2v) is 9.11. The minimum absolute atomic E-state index is 0.126. The van der Waals surface area contributed by atoms with Gasteiger partial charge < -0.3 is 19.8 Å². The third-order valence-corrected chi connectivity index (χ3v) is 7.17. The highest BCUT2D eigenvalue weighted by molar-refractivity contribution is 7.89. The number of esters is 1. The van der Waals surface area contributed by atoms with Gasteiger partial charge in [0.25, 0.3) is 5.91 Å². The third-order valence-electron chi connectivity index (χ3n) is 5.11. The fraction of sp³-hybridized carbons (Fsp3) is 0.455. The van der Waals surface area contributed by atoms with Crippen LogP contribution in [0.4, 0.5) is 0 Å². The Kier molecular flexibility index (Phi) is 8.99. The first-order valence-electron chi connectivity index (χ1n) is 10.4. The van der Waals surface area contributed by atoms with Gasteiger partial charge in [-0.25, -0.2) is 13.2 Å². The molecule has 1 aromatic carbocycles. The average Bonchev–Trinajstić information content (AvgIpc) is 3.07. The number of nitrogens with one attached hydrogen (secondary N) is 2. The number of aromatic amines is 1. The van der Waals surface area contributed by atoms with Crippen molar-refractivity contribution in [3.05, 3.63) is 52.3 Å². The Labute approximate surface area is 189 Å². The van der Waals surface area contributed by atoms with Crippen LogP contribution in [-0.4, -0.2) is 63.0 Å². The van der Waals surface area contributed by atoms with E-state index >= 15 is 0 Å². The lowest BCUT2D eigenvalue weighted by atomic mass is 10.1. The minimum atomic E-state index is -3.53. The highest BCUT2D eigenvalue weighted by Crippen LogP contribution is 2.20. The number of hydrogen-bond acceptors (Lipinski definition) is 6. The van der Waals surface area contributed by atoms with Gasteiger partial charge in [0.05, 0.1) is 17.1 Å². The van der Waals surface area contributed by atoms with Gasteiger partial charge in [0.15, 0.2) is 0 Å². The van der Waals surface area contributed by atoms with Crippen LogP contribution in [0.2, 0.25) is 0 Å². The van der Waals surface area contributed by atoms with Crippen molar-refractivity contribution in [3.63, 3.8) is 0 Å². The normalized spacial score (nSPS) is 11.6. The van der Waals surface area contributed by atoms with E-state index in [4.69, 9.17) is 9.47 Å². The van der Waals surface area contributed by atoms with Crippen molar-refractivity contribution in [3.8, 4) is 0 Å². The summed E-state index contributed by atoms with van der Waals surface area (Å²) in [5, 5.41) is 2.79. The summed E-state index contributed by atoms with van der Waals surface area (Å²) in [6, 6.07) is 6.41. The summed E-state index contributed by atoms with van der Waals surface area (Å²) < 4.78 is 36.6. The zero-order valence-electron chi connectivity index (χ0n) is 19.1. The molecular weight excluding hydrogens is 434 g/mol. The molecular formula is C22H31N3O6S. The number of sulfonamides is 1. The van der Waals surface area contributed by atoms with Crippen molar-refractivity contribution in [2.75, 3.05) is 33.4 Å². The summed E-state index contributed by atoms with van der Waals surface area (Å²) in [6.07, 6.45) is 0. The number of carbonyl (C=O) groups excluding carboxylic acids is 2. The molecule has 0 bridgehead atoms. The van der Waals surface area contributed by atoms with Gasteiger partial charge in [0.1, 0.15) is 12.3 Å². The maximum absolute atomic E-state index is 12.7. The van der Waals surface area contributed by atoms with Crippen molar-refractivity contribution in [2.24, 2.45) is 0 Å². The Morgan fingerprint density at radius 3 is 2.25 bits per heavy atom. The molecule has 0 aliphatic rings. The van der Waals surface area contributed by atoms with Crippen molar-refractivity contribution in [1.29, 1.82) is 0 Å². The molecule has 0 aliphatic carbocycles. The van der Waals surface area contributed by atoms with Crippen LogP contribution < -0.4 is 5.32 Å². The van der Waals surface area contributed by atoms with Gasteiger partial charge in [-0.15, -0.1) is 0 Å². The lowest BCUT2D eigenvalue weighted by molar-refractivity contribution is 0.0386. The Morgan fingerprint density at radius 2 is 1.69 bits per heavy atom. The highest BCUT2D eigenvalue weighted by atomic mass is 32.2. The molecule has 0 radical (unpaired) electrons. The van der Waals surface area contributed by atoms with Crippen molar-refractivity contribution >= 4 is 21.9 Å². The van der Waals surface area contributed by atoms with E-state index < -0.39 is 16.0 Å². The van der Waals surface area contributed by atoms with Crippen molar-refractivity contribution in [2.45, 2.75) is 39.1 Å². The van der Waals surface area contributed by atoms with Crippen LogP contribution >= 0.6 is 0 Å². The first-order chi connectivity index (χ1) is 15.2. The van der Waals surface area contributed by atoms with Gasteiger partial charge in [-0.3, -0.25) is 4.79 Å². The van der Waals surface area contributed by atoms with E-state index in [-0.39, 0.29) is 36.3 Å². The van der Waals surface area contributed by atoms with Gasteiger partial charge in [-0.05, 0) is 37.1 Å². The SMILES string of the molecule is CCN(CC)S(=O)(=O)c1ccc(CNC(=O)c2[nH]c(C)c(C(=O)OCCOC)c2C)cc1. The number of hydrogen-bond donors (Lipinski definition) is 2. The van der Waals surface area contributed by atoms with Gasteiger partial charge in [-0.2, -0.15) is 4.31 Å². The summed E-state index contributed by atoms with van der Waals surface area (Å²) in [6.45, 7) is 8.37. The van der Waals surface area contributed by atoms with E-state index in [9.17, 15) is 18.0 Å². The van der Waals surface area contributed by atoms with Crippen LogP contribution in [0.5, 0.6) is 0 Å². The van der Waals surface area contributed by atoms with E-state index in [1.807, 2.05) is 0 Å². The van der Waals surface area contributed by atoms with Crippen molar-refractivity contribution in [1.82, 2.24) is 14.6 Å². The van der Waals surface area contributed by atoms with Crippen LogP contribution in [-0.2, 0) is 26.0 Å². The molecule has 0 spiro atoms. The standard InChI is InChI=1S/C22H31N3O6S/c1-6-25(7-2)32(28,29)18-10-8-17(9-11-18)14-23-21(26)20-15(3)19(16(4)24-20)22(27)31-13-12-30-5/h8-11,24H,6-7,12-14H2,1-5H3,(H,23,26). The minimum Gasteiger partial charge on any atom is -0.460 e. The molecule has 0 unspecified atom stereocenters. The number of nitrogens with zero attached hydrogens (tertiary/aromatic N) is 1. The largest absolute Gasteiger partial charge is 0.460 e. The van der Waals surface area contributed by atoms with Gasteiger partial charge in [-0.1, -0.05) is 26.0 Å². The van der Waals surface area contributed by atoms with Crippen LogP contribution in [0.1, 0.15) is 51.5 Å². The summed E-state index contributed by atoms with van der Waals surface area (Å²) in [5.74, 6) is -0.890. The summed E-state index contributed by atoms with van der Waals surface area (Å²) in [4.78, 5) is 28.1. The first kappa shape index (κ1) is 25.6. The lowest BCUT2D eigenvalue weighted by Gasteiger charge is -2.18.